The lowest BCUT2D eigenvalue weighted by Crippen LogP contribution is -2.62. The minimum atomic E-state index is -0.0949. The monoisotopic (exact) mass is 404 g/mol. The van der Waals surface area contributed by atoms with E-state index in [0.717, 1.165) is 50.4 Å². The lowest BCUT2D eigenvalue weighted by Gasteiger charge is -2.43. The van der Waals surface area contributed by atoms with Crippen LogP contribution in [0.4, 0.5) is 4.79 Å². The molecule has 3 fully saturated rings. The van der Waals surface area contributed by atoms with E-state index in [0.29, 0.717) is 19.0 Å². The molecule has 0 radical (unpaired) electrons. The molecule has 3 aliphatic heterocycles. The summed E-state index contributed by atoms with van der Waals surface area (Å²) in [5.74, 6) is 1.19. The zero-order valence-corrected chi connectivity index (χ0v) is 17.6. The summed E-state index contributed by atoms with van der Waals surface area (Å²) in [4.78, 5) is 33.0. The maximum absolute atomic E-state index is 13.0. The molecular formula is C21H32N4O4. The van der Waals surface area contributed by atoms with Crippen molar-refractivity contribution in [2.75, 3.05) is 32.8 Å². The van der Waals surface area contributed by atoms with Gasteiger partial charge >= 0.3 is 6.03 Å². The Morgan fingerprint density at radius 1 is 1.21 bits per heavy atom. The average molecular weight is 405 g/mol. The van der Waals surface area contributed by atoms with Crippen LogP contribution in [0.3, 0.4) is 0 Å². The maximum Gasteiger partial charge on any atom is 0.320 e. The SMILES string of the molecule is CC(C)(C)c1coc(CC2CCN(C(=O)N3CC[C@H]4OCC(=O)NC4C3)CC2)n1. The molecular weight excluding hydrogens is 372 g/mol. The molecule has 4 heterocycles. The number of piperidine rings is 2. The van der Waals surface area contributed by atoms with Crippen molar-refractivity contribution in [3.8, 4) is 0 Å². The number of morpholine rings is 1. The molecule has 1 N–H and O–H groups in total. The zero-order chi connectivity index (χ0) is 20.6. The van der Waals surface area contributed by atoms with Crippen molar-refractivity contribution in [3.63, 3.8) is 0 Å². The topological polar surface area (TPSA) is 87.9 Å². The van der Waals surface area contributed by atoms with E-state index in [-0.39, 0.29) is 36.1 Å². The fourth-order valence-corrected chi connectivity index (χ4v) is 4.40. The van der Waals surface area contributed by atoms with E-state index in [4.69, 9.17) is 9.15 Å². The minimum Gasteiger partial charge on any atom is -0.449 e. The lowest BCUT2D eigenvalue weighted by molar-refractivity contribution is -0.139. The highest BCUT2D eigenvalue weighted by Crippen LogP contribution is 2.26. The highest BCUT2D eigenvalue weighted by atomic mass is 16.5. The number of nitrogens with zero attached hydrogens (tertiary/aromatic N) is 3. The number of urea groups is 1. The number of hydrogen-bond donors (Lipinski definition) is 1. The normalized spacial score (nSPS) is 26.2. The van der Waals surface area contributed by atoms with E-state index in [9.17, 15) is 9.59 Å². The van der Waals surface area contributed by atoms with Crippen LogP contribution in [0.15, 0.2) is 10.7 Å². The third-order valence-corrected chi connectivity index (χ3v) is 6.26. The lowest BCUT2D eigenvalue weighted by atomic mass is 9.92. The highest BCUT2D eigenvalue weighted by molar-refractivity contribution is 5.79. The standard InChI is InChI=1S/C21H32N4O4/c1-21(2,3)17-12-29-19(23-17)10-14-4-7-24(8-5-14)20(27)25-9-6-16-15(11-25)22-18(26)13-28-16/h12,14-16H,4-11,13H2,1-3H3,(H,22,26)/t15?,16-/m1/s1. The van der Waals surface area contributed by atoms with Crippen LogP contribution >= 0.6 is 0 Å². The van der Waals surface area contributed by atoms with Gasteiger partial charge in [-0.15, -0.1) is 0 Å². The van der Waals surface area contributed by atoms with Crippen LogP contribution in [-0.2, 0) is 21.4 Å². The molecule has 3 amide bonds. The molecule has 0 saturated carbocycles. The van der Waals surface area contributed by atoms with Crippen LogP contribution in [0, 0.1) is 5.92 Å². The Balaban J connectivity index is 1.26. The third kappa shape index (κ3) is 4.57. The number of likely N-dealkylation sites (tertiary alicyclic amines) is 2. The molecule has 8 heteroatoms. The number of rotatable bonds is 2. The number of hydrogen-bond acceptors (Lipinski definition) is 5. The molecule has 2 atom stereocenters. The summed E-state index contributed by atoms with van der Waals surface area (Å²) in [6.07, 6.45) is 5.31. The second kappa shape index (κ2) is 7.97. The van der Waals surface area contributed by atoms with Crippen molar-refractivity contribution in [1.82, 2.24) is 20.1 Å². The van der Waals surface area contributed by atoms with Gasteiger partial charge in [0.1, 0.15) is 12.9 Å². The fraction of sp³-hybridized carbons (Fsp3) is 0.762. The molecule has 3 aliphatic rings. The molecule has 0 aromatic carbocycles. The van der Waals surface area contributed by atoms with Gasteiger partial charge in [-0.05, 0) is 25.2 Å². The van der Waals surface area contributed by atoms with Crippen molar-refractivity contribution in [1.29, 1.82) is 0 Å². The number of carbonyl (C=O) groups is 2. The summed E-state index contributed by atoms with van der Waals surface area (Å²) >= 11 is 0. The summed E-state index contributed by atoms with van der Waals surface area (Å²) in [6.45, 7) is 9.24. The Morgan fingerprint density at radius 2 is 1.93 bits per heavy atom. The van der Waals surface area contributed by atoms with E-state index in [1.54, 1.807) is 6.26 Å². The summed E-state index contributed by atoms with van der Waals surface area (Å²) in [5.41, 5.74) is 0.982. The van der Waals surface area contributed by atoms with Gasteiger partial charge in [0.05, 0.1) is 17.8 Å². The molecule has 3 saturated heterocycles. The first-order valence-corrected chi connectivity index (χ1v) is 10.7. The molecule has 1 aromatic heterocycles. The van der Waals surface area contributed by atoms with E-state index in [1.807, 2.05) is 9.80 Å². The van der Waals surface area contributed by atoms with Crippen molar-refractivity contribution in [2.45, 2.75) is 64.0 Å². The molecule has 0 aliphatic carbocycles. The fourth-order valence-electron chi connectivity index (χ4n) is 4.40. The quantitative estimate of drug-likeness (QED) is 0.814. The molecule has 160 valence electrons. The first kappa shape index (κ1) is 20.2. The zero-order valence-electron chi connectivity index (χ0n) is 17.6. The van der Waals surface area contributed by atoms with Crippen molar-refractivity contribution < 1.29 is 18.7 Å². The van der Waals surface area contributed by atoms with E-state index >= 15 is 0 Å². The van der Waals surface area contributed by atoms with Gasteiger partial charge < -0.3 is 24.3 Å². The Kier molecular flexibility index (Phi) is 5.55. The van der Waals surface area contributed by atoms with Gasteiger partial charge in [0.2, 0.25) is 5.91 Å². The van der Waals surface area contributed by atoms with Gasteiger partial charge in [-0.1, -0.05) is 20.8 Å². The number of fused-ring (bicyclic) bond motifs is 1. The first-order valence-electron chi connectivity index (χ1n) is 10.7. The molecule has 1 unspecified atom stereocenters. The van der Waals surface area contributed by atoms with Crippen LogP contribution in [0.25, 0.3) is 0 Å². The second-order valence-electron chi connectivity index (χ2n) is 9.55. The van der Waals surface area contributed by atoms with Crippen LogP contribution in [0.2, 0.25) is 0 Å². The van der Waals surface area contributed by atoms with Crippen molar-refractivity contribution in [2.24, 2.45) is 5.92 Å². The molecule has 0 spiro atoms. The summed E-state index contributed by atoms with van der Waals surface area (Å²) < 4.78 is 11.3. The smallest absolute Gasteiger partial charge is 0.320 e. The Labute approximate surface area is 172 Å². The second-order valence-corrected chi connectivity index (χ2v) is 9.55. The maximum atomic E-state index is 13.0. The van der Waals surface area contributed by atoms with E-state index in [2.05, 4.69) is 31.1 Å². The van der Waals surface area contributed by atoms with Gasteiger partial charge in [0, 0.05) is 38.0 Å². The summed E-state index contributed by atoms with van der Waals surface area (Å²) in [6, 6.07) is -0.0126. The van der Waals surface area contributed by atoms with Crippen LogP contribution in [0.5, 0.6) is 0 Å². The largest absolute Gasteiger partial charge is 0.449 e. The van der Waals surface area contributed by atoms with Crippen LogP contribution in [0.1, 0.15) is 51.6 Å². The van der Waals surface area contributed by atoms with Crippen LogP contribution < -0.4 is 5.32 Å². The van der Waals surface area contributed by atoms with Crippen molar-refractivity contribution >= 4 is 11.9 Å². The van der Waals surface area contributed by atoms with Crippen molar-refractivity contribution in [3.05, 3.63) is 17.8 Å². The summed E-state index contributed by atoms with van der Waals surface area (Å²) in [7, 11) is 0. The third-order valence-electron chi connectivity index (χ3n) is 6.26. The van der Waals surface area contributed by atoms with Crippen LogP contribution in [-0.4, -0.2) is 71.7 Å². The molecule has 4 rings (SSSR count). The van der Waals surface area contributed by atoms with E-state index in [1.165, 1.54) is 0 Å². The first-order chi connectivity index (χ1) is 13.8. The van der Waals surface area contributed by atoms with Gasteiger partial charge in [0.25, 0.3) is 0 Å². The molecule has 8 nitrogen and oxygen atoms in total. The number of nitrogens with one attached hydrogen (secondary N) is 1. The number of aromatic nitrogens is 1. The summed E-state index contributed by atoms with van der Waals surface area (Å²) in [5, 5.41) is 2.96. The van der Waals surface area contributed by atoms with Gasteiger partial charge in [-0.25, -0.2) is 9.78 Å². The molecule has 29 heavy (non-hydrogen) atoms. The Morgan fingerprint density at radius 3 is 2.62 bits per heavy atom. The number of carbonyl (C=O) groups excluding carboxylic acids is 2. The average Bonchev–Trinajstić information content (AvgIpc) is 3.16. The Bertz CT molecular complexity index is 748. The van der Waals surface area contributed by atoms with Gasteiger partial charge in [-0.3, -0.25) is 4.79 Å². The molecule has 1 aromatic rings. The van der Waals surface area contributed by atoms with Gasteiger partial charge in [-0.2, -0.15) is 0 Å². The number of amides is 3. The predicted octanol–water partition coefficient (Wildman–Crippen LogP) is 1.94. The number of oxazole rings is 1. The predicted molar refractivity (Wildman–Crippen MR) is 106 cm³/mol. The van der Waals surface area contributed by atoms with Gasteiger partial charge in [0.15, 0.2) is 5.89 Å². The Hall–Kier alpha value is -2.09. The highest BCUT2D eigenvalue weighted by Gasteiger charge is 2.38. The number of ether oxygens (including phenoxy) is 1. The molecule has 0 bridgehead atoms. The van der Waals surface area contributed by atoms with E-state index < -0.39 is 0 Å². The minimum absolute atomic E-state index is 0.00612.